The van der Waals surface area contributed by atoms with Gasteiger partial charge < -0.3 is 30.2 Å². The fraction of sp³-hybridized carbons (Fsp3) is 0.241. The molecule has 0 bridgehead atoms. The molecule has 0 fully saturated rings. The molecule has 0 aliphatic heterocycles. The number of amides is 1. The first-order chi connectivity index (χ1) is 18.9. The van der Waals surface area contributed by atoms with Crippen LogP contribution >= 0.6 is 0 Å². The average Bonchev–Trinajstić information content (AvgIpc) is 3.23. The van der Waals surface area contributed by atoms with Gasteiger partial charge >= 0.3 is 0 Å². The van der Waals surface area contributed by atoms with Crippen molar-refractivity contribution in [2.45, 2.75) is 6.42 Å². The first-order valence-electron chi connectivity index (χ1n) is 12.5. The van der Waals surface area contributed by atoms with Gasteiger partial charge in [0.25, 0.3) is 0 Å². The van der Waals surface area contributed by atoms with Crippen molar-refractivity contribution in [1.29, 1.82) is 5.26 Å². The summed E-state index contributed by atoms with van der Waals surface area (Å²) in [6.45, 7) is 5.20. The number of nitrogens with zero attached hydrogens (tertiary/aromatic N) is 5. The van der Waals surface area contributed by atoms with E-state index in [9.17, 15) is 10.1 Å². The van der Waals surface area contributed by atoms with Gasteiger partial charge in [-0.25, -0.2) is 9.97 Å². The Labute approximate surface area is 227 Å². The second kappa shape index (κ2) is 12.1. The summed E-state index contributed by atoms with van der Waals surface area (Å²) >= 11 is 0. The van der Waals surface area contributed by atoms with Gasteiger partial charge in [-0.2, -0.15) is 5.26 Å². The van der Waals surface area contributed by atoms with Crippen molar-refractivity contribution in [2.75, 3.05) is 50.2 Å². The first-order valence-corrected chi connectivity index (χ1v) is 12.5. The number of methoxy groups -OCH3 is 1. The van der Waals surface area contributed by atoms with Crippen LogP contribution in [0, 0.1) is 11.3 Å². The molecule has 2 aromatic carbocycles. The minimum absolute atomic E-state index is 0.315. The van der Waals surface area contributed by atoms with E-state index in [-0.39, 0.29) is 5.91 Å². The van der Waals surface area contributed by atoms with Gasteiger partial charge in [-0.1, -0.05) is 24.8 Å². The maximum absolute atomic E-state index is 12.2. The van der Waals surface area contributed by atoms with Crippen molar-refractivity contribution in [1.82, 2.24) is 19.4 Å². The van der Waals surface area contributed by atoms with Crippen molar-refractivity contribution >= 4 is 39.8 Å². The Bertz CT molecular complexity index is 1550. The Morgan fingerprint density at radius 2 is 2.00 bits per heavy atom. The van der Waals surface area contributed by atoms with Crippen molar-refractivity contribution in [3.63, 3.8) is 0 Å². The van der Waals surface area contributed by atoms with Crippen molar-refractivity contribution < 1.29 is 9.53 Å². The highest BCUT2D eigenvalue weighted by Crippen LogP contribution is 2.37. The van der Waals surface area contributed by atoms with Crippen molar-refractivity contribution in [3.05, 3.63) is 67.0 Å². The molecule has 0 radical (unpaired) electrons. The molecule has 2 heterocycles. The lowest BCUT2D eigenvalue weighted by molar-refractivity contribution is -0.111. The van der Waals surface area contributed by atoms with Crippen LogP contribution in [0.15, 0.2) is 61.3 Å². The molecule has 4 aromatic rings. The molecule has 0 atom stereocenters. The molecule has 10 nitrogen and oxygen atoms in total. The number of rotatable bonds is 11. The quantitative estimate of drug-likeness (QED) is 0.190. The number of anilines is 4. The minimum atomic E-state index is -0.333. The zero-order chi connectivity index (χ0) is 27.9. The van der Waals surface area contributed by atoms with Gasteiger partial charge in [-0.3, -0.25) is 4.79 Å². The van der Waals surface area contributed by atoms with Gasteiger partial charge in [0.05, 0.1) is 29.9 Å². The van der Waals surface area contributed by atoms with E-state index < -0.39 is 0 Å². The summed E-state index contributed by atoms with van der Waals surface area (Å²) in [4.78, 5) is 23.4. The lowest BCUT2D eigenvalue weighted by atomic mass is 10.1. The molecule has 39 heavy (non-hydrogen) atoms. The molecule has 0 aliphatic carbocycles. The topological polar surface area (TPSA) is 120 Å². The molecular formula is C29H32N8O2. The summed E-state index contributed by atoms with van der Waals surface area (Å²) in [7, 11) is 7.49. The average molecular weight is 525 g/mol. The number of fused-ring (bicyclic) bond motifs is 1. The monoisotopic (exact) mass is 524 g/mol. The standard InChI is InChI=1S/C29H32N8O2/c1-6-27(38)33-22-16-23(26(39-5)17-21(22)31-13-9-15-36(2)3)35-29-32-14-12-20(34-29)28-19-10-7-8-11-24(19)37(4)25(28)18-30/h6-8,10-12,14,16-17,31H,1,9,13,15H2,2-5H3,(H,33,38)(H,32,34,35). The van der Waals surface area contributed by atoms with Crippen LogP contribution in [0.4, 0.5) is 23.0 Å². The zero-order valence-corrected chi connectivity index (χ0v) is 22.6. The van der Waals surface area contributed by atoms with Crippen LogP contribution in [0.3, 0.4) is 0 Å². The number of benzene rings is 2. The van der Waals surface area contributed by atoms with Crippen LogP contribution in [0.25, 0.3) is 22.2 Å². The lowest BCUT2D eigenvalue weighted by Crippen LogP contribution is -2.17. The number of carbonyl (C=O) groups is 1. The third kappa shape index (κ3) is 6.00. The van der Waals surface area contributed by atoms with Crippen LogP contribution in [0.2, 0.25) is 0 Å². The molecule has 0 spiro atoms. The van der Waals surface area contributed by atoms with Crippen LogP contribution < -0.4 is 20.7 Å². The number of carbonyl (C=O) groups excluding carboxylic acids is 1. The molecule has 2 aromatic heterocycles. The molecule has 0 unspecified atom stereocenters. The molecule has 10 heteroatoms. The smallest absolute Gasteiger partial charge is 0.247 e. The number of hydrogen-bond acceptors (Lipinski definition) is 8. The van der Waals surface area contributed by atoms with Gasteiger partial charge in [-0.15, -0.1) is 0 Å². The number of aryl methyl sites for hydroxylation is 1. The van der Waals surface area contributed by atoms with E-state index in [1.54, 1.807) is 25.4 Å². The Balaban J connectivity index is 1.70. The summed E-state index contributed by atoms with van der Waals surface area (Å²) < 4.78 is 7.52. The summed E-state index contributed by atoms with van der Waals surface area (Å²) in [5.74, 6) is 0.523. The number of nitriles is 1. The normalized spacial score (nSPS) is 10.8. The largest absolute Gasteiger partial charge is 0.494 e. The Kier molecular flexibility index (Phi) is 8.43. The van der Waals surface area contributed by atoms with Crippen LogP contribution in [-0.2, 0) is 11.8 Å². The Hall–Kier alpha value is -4.88. The predicted octanol–water partition coefficient (Wildman–Crippen LogP) is 4.75. The number of para-hydroxylation sites is 1. The molecule has 0 saturated heterocycles. The van der Waals surface area contributed by atoms with E-state index in [2.05, 4.69) is 38.5 Å². The maximum Gasteiger partial charge on any atom is 0.247 e. The SMILES string of the molecule is C=CC(=O)Nc1cc(Nc2nccc(-c3c(C#N)n(C)c4ccccc34)n2)c(OC)cc1NCCCN(C)C. The van der Waals surface area contributed by atoms with Crippen LogP contribution in [0.1, 0.15) is 12.1 Å². The molecule has 200 valence electrons. The predicted molar refractivity (Wildman–Crippen MR) is 155 cm³/mol. The lowest BCUT2D eigenvalue weighted by Gasteiger charge is -2.18. The number of ether oxygens (including phenoxy) is 1. The summed E-state index contributed by atoms with van der Waals surface area (Å²) in [6, 6.07) is 15.5. The van der Waals surface area contributed by atoms with E-state index in [0.717, 1.165) is 35.1 Å². The second-order valence-electron chi connectivity index (χ2n) is 9.18. The fourth-order valence-corrected chi connectivity index (χ4v) is 4.36. The van der Waals surface area contributed by atoms with Gasteiger partial charge in [0, 0.05) is 42.3 Å². The first kappa shape index (κ1) is 27.2. The molecule has 0 aliphatic rings. The van der Waals surface area contributed by atoms with E-state index in [4.69, 9.17) is 9.72 Å². The number of nitrogens with one attached hydrogen (secondary N) is 3. The van der Waals surface area contributed by atoms with E-state index in [1.807, 2.05) is 56.0 Å². The molecule has 0 saturated carbocycles. The molecule has 3 N–H and O–H groups in total. The molecule has 1 amide bonds. The Morgan fingerprint density at radius 1 is 1.21 bits per heavy atom. The third-order valence-electron chi connectivity index (χ3n) is 6.25. The van der Waals surface area contributed by atoms with E-state index in [1.165, 1.54) is 6.08 Å². The fourth-order valence-electron chi connectivity index (χ4n) is 4.36. The highest BCUT2D eigenvalue weighted by Gasteiger charge is 2.19. The van der Waals surface area contributed by atoms with Crippen molar-refractivity contribution in [2.24, 2.45) is 7.05 Å². The van der Waals surface area contributed by atoms with Gasteiger partial charge in [0.1, 0.15) is 17.5 Å². The zero-order valence-electron chi connectivity index (χ0n) is 22.6. The number of aromatic nitrogens is 3. The molecular weight excluding hydrogens is 492 g/mol. The third-order valence-corrected chi connectivity index (χ3v) is 6.25. The van der Waals surface area contributed by atoms with Crippen LogP contribution in [-0.4, -0.2) is 59.6 Å². The summed E-state index contributed by atoms with van der Waals surface area (Å²) in [6.07, 6.45) is 3.78. The summed E-state index contributed by atoms with van der Waals surface area (Å²) in [5.41, 5.74) is 4.64. The van der Waals surface area contributed by atoms with Gasteiger partial charge in [0.2, 0.25) is 11.9 Å². The van der Waals surface area contributed by atoms with Gasteiger partial charge in [0.15, 0.2) is 0 Å². The minimum Gasteiger partial charge on any atom is -0.494 e. The number of hydrogen-bond donors (Lipinski definition) is 3. The highest BCUT2D eigenvalue weighted by molar-refractivity contribution is 6.02. The van der Waals surface area contributed by atoms with E-state index in [0.29, 0.717) is 41.0 Å². The highest BCUT2D eigenvalue weighted by atomic mass is 16.5. The molecule has 4 rings (SSSR count). The van der Waals surface area contributed by atoms with Crippen LogP contribution in [0.5, 0.6) is 5.75 Å². The maximum atomic E-state index is 12.2. The van der Waals surface area contributed by atoms with Gasteiger partial charge in [-0.05, 0) is 51.3 Å². The summed E-state index contributed by atoms with van der Waals surface area (Å²) in [5, 5.41) is 20.3. The van der Waals surface area contributed by atoms with Crippen molar-refractivity contribution in [3.8, 4) is 23.1 Å². The Morgan fingerprint density at radius 3 is 2.72 bits per heavy atom. The second-order valence-corrected chi connectivity index (χ2v) is 9.18. The van der Waals surface area contributed by atoms with E-state index >= 15 is 0 Å².